The molecule has 0 aliphatic heterocycles. The van der Waals surface area contributed by atoms with E-state index < -0.39 is 0 Å². The van der Waals surface area contributed by atoms with E-state index in [9.17, 15) is 9.90 Å². The average molecular weight is 398 g/mol. The van der Waals surface area contributed by atoms with Gasteiger partial charge in [0.25, 0.3) is 0 Å². The van der Waals surface area contributed by atoms with Gasteiger partial charge >= 0.3 is 0 Å². The number of benzene rings is 1. The number of rotatable bonds is 0. The molecule has 78 valence electrons. The van der Waals surface area contributed by atoms with Crippen LogP contribution in [0.3, 0.4) is 0 Å². The quantitative estimate of drug-likeness (QED) is 0.714. The molecule has 1 heterocycles. The third kappa shape index (κ3) is 1.74. The van der Waals surface area contributed by atoms with Crippen LogP contribution >= 0.6 is 47.8 Å². The highest BCUT2D eigenvalue weighted by Crippen LogP contribution is 2.35. The number of aromatic hydroxyl groups is 1. The Bertz CT molecular complexity index is 606. The van der Waals surface area contributed by atoms with Crippen LogP contribution in [0, 0.1) is 0 Å². The Morgan fingerprint density at radius 1 is 1.13 bits per heavy atom. The molecule has 0 saturated heterocycles. The van der Waals surface area contributed by atoms with Crippen LogP contribution < -0.4 is 5.43 Å². The number of pyridine rings is 1. The van der Waals surface area contributed by atoms with Gasteiger partial charge in [-0.25, -0.2) is 0 Å². The zero-order chi connectivity index (χ0) is 11.2. The molecule has 0 unspecified atom stereocenters. The minimum Gasteiger partial charge on any atom is -0.505 e. The van der Waals surface area contributed by atoms with E-state index in [1.54, 1.807) is 6.07 Å². The van der Waals surface area contributed by atoms with Gasteiger partial charge in [-0.3, -0.25) is 4.79 Å². The van der Waals surface area contributed by atoms with Crippen molar-refractivity contribution in [3.63, 3.8) is 0 Å². The van der Waals surface area contributed by atoms with E-state index in [1.165, 1.54) is 6.20 Å². The van der Waals surface area contributed by atoms with Gasteiger partial charge in [0.2, 0.25) is 5.43 Å². The molecule has 0 aliphatic carbocycles. The Hall–Kier alpha value is -0.330. The number of phenolic OH excluding ortho intramolecular Hbond substituents is 1. The summed E-state index contributed by atoms with van der Waals surface area (Å²) >= 11 is 9.62. The highest BCUT2D eigenvalue weighted by molar-refractivity contribution is 9.11. The van der Waals surface area contributed by atoms with Crippen LogP contribution in [-0.2, 0) is 0 Å². The summed E-state index contributed by atoms with van der Waals surface area (Å²) in [5, 5.41) is 10.2. The van der Waals surface area contributed by atoms with Crippen molar-refractivity contribution in [1.29, 1.82) is 0 Å². The van der Waals surface area contributed by atoms with Gasteiger partial charge < -0.3 is 10.1 Å². The van der Waals surface area contributed by atoms with Gasteiger partial charge in [0, 0.05) is 10.7 Å². The van der Waals surface area contributed by atoms with Crippen molar-refractivity contribution < 1.29 is 5.11 Å². The number of phenols is 1. The fraction of sp³-hybridized carbons (Fsp3) is 0. The molecule has 6 heteroatoms. The van der Waals surface area contributed by atoms with Crippen LogP contribution in [0.25, 0.3) is 10.9 Å². The number of nitrogens with one attached hydrogen (secondary N) is 1. The van der Waals surface area contributed by atoms with Crippen LogP contribution in [0.15, 0.2) is 30.5 Å². The lowest BCUT2D eigenvalue weighted by molar-refractivity contribution is 0.477. The summed E-state index contributed by atoms with van der Waals surface area (Å²) in [4.78, 5) is 14.6. The lowest BCUT2D eigenvalue weighted by Gasteiger charge is -2.05. The third-order valence-corrected chi connectivity index (χ3v) is 3.81. The van der Waals surface area contributed by atoms with Crippen molar-refractivity contribution in [2.75, 3.05) is 0 Å². The van der Waals surface area contributed by atoms with Gasteiger partial charge in [0.15, 0.2) is 5.75 Å². The molecule has 0 aliphatic rings. The standard InChI is InChI=1S/C9H4Br3NO2/c10-3-1-4(11)9(15)7-6(3)8(14)5(12)2-13-7/h1-2,15H,(H,13,14). The molecule has 0 spiro atoms. The number of aromatic nitrogens is 1. The summed E-state index contributed by atoms with van der Waals surface area (Å²) in [7, 11) is 0. The second-order valence-corrected chi connectivity index (χ2v) is 5.47. The monoisotopic (exact) mass is 395 g/mol. The number of hydrogen-bond donors (Lipinski definition) is 2. The fourth-order valence-corrected chi connectivity index (χ4v) is 2.95. The maximum Gasteiger partial charge on any atom is 0.204 e. The van der Waals surface area contributed by atoms with E-state index >= 15 is 0 Å². The Balaban J connectivity index is 3.10. The van der Waals surface area contributed by atoms with E-state index in [0.29, 0.717) is 24.3 Å². The first-order valence-electron chi connectivity index (χ1n) is 3.90. The van der Waals surface area contributed by atoms with Crippen molar-refractivity contribution in [3.05, 3.63) is 35.9 Å². The number of halogens is 3. The molecule has 0 fully saturated rings. The summed E-state index contributed by atoms with van der Waals surface area (Å²) < 4.78 is 1.59. The van der Waals surface area contributed by atoms with Crippen LogP contribution in [0.1, 0.15) is 0 Å². The molecule has 0 atom stereocenters. The van der Waals surface area contributed by atoms with E-state index in [2.05, 4.69) is 52.8 Å². The van der Waals surface area contributed by atoms with Crippen LogP contribution in [0.5, 0.6) is 5.75 Å². The molecule has 3 nitrogen and oxygen atoms in total. The zero-order valence-electron chi connectivity index (χ0n) is 7.14. The second kappa shape index (κ2) is 3.92. The number of hydrogen-bond acceptors (Lipinski definition) is 2. The molecule has 1 aromatic heterocycles. The Morgan fingerprint density at radius 3 is 2.47 bits per heavy atom. The van der Waals surface area contributed by atoms with E-state index in [0.717, 1.165) is 0 Å². The van der Waals surface area contributed by atoms with Crippen LogP contribution in [0.4, 0.5) is 0 Å². The molecule has 2 rings (SSSR count). The molecular weight excluding hydrogens is 394 g/mol. The molecule has 15 heavy (non-hydrogen) atoms. The van der Waals surface area contributed by atoms with Crippen molar-refractivity contribution in [2.24, 2.45) is 0 Å². The van der Waals surface area contributed by atoms with Gasteiger partial charge in [0.05, 0.1) is 19.8 Å². The molecule has 0 bridgehead atoms. The number of fused-ring (bicyclic) bond motifs is 1. The summed E-state index contributed by atoms with van der Waals surface area (Å²) in [5.41, 5.74) is 0.239. The van der Waals surface area contributed by atoms with Gasteiger partial charge in [-0.05, 0) is 53.9 Å². The van der Waals surface area contributed by atoms with Crippen molar-refractivity contribution in [3.8, 4) is 5.75 Å². The maximum absolute atomic E-state index is 11.8. The van der Waals surface area contributed by atoms with Crippen molar-refractivity contribution in [2.45, 2.75) is 0 Å². The van der Waals surface area contributed by atoms with Gasteiger partial charge in [-0.15, -0.1) is 0 Å². The smallest absolute Gasteiger partial charge is 0.204 e. The number of H-pyrrole nitrogens is 1. The minimum absolute atomic E-state index is 0.0257. The van der Waals surface area contributed by atoms with E-state index in [4.69, 9.17) is 0 Å². The molecule has 0 saturated carbocycles. The zero-order valence-corrected chi connectivity index (χ0v) is 11.9. The minimum atomic E-state index is -0.168. The SMILES string of the molecule is O=c1c(Br)c[nH]c2c(O)c(Br)cc(Br)c12. The van der Waals surface area contributed by atoms with Crippen LogP contribution in [-0.4, -0.2) is 10.1 Å². The van der Waals surface area contributed by atoms with Crippen LogP contribution in [0.2, 0.25) is 0 Å². The van der Waals surface area contributed by atoms with Gasteiger partial charge in [-0.2, -0.15) is 0 Å². The van der Waals surface area contributed by atoms with Crippen molar-refractivity contribution >= 4 is 58.7 Å². The summed E-state index contributed by atoms with van der Waals surface area (Å²) in [5.74, 6) is 0.0257. The fourth-order valence-electron chi connectivity index (χ4n) is 1.29. The average Bonchev–Trinajstić information content (AvgIpc) is 2.18. The molecule has 0 radical (unpaired) electrons. The largest absolute Gasteiger partial charge is 0.505 e. The van der Waals surface area contributed by atoms with E-state index in [-0.39, 0.29) is 11.2 Å². The molecule has 2 N–H and O–H groups in total. The normalized spacial score (nSPS) is 10.9. The summed E-state index contributed by atoms with van der Waals surface area (Å²) in [6.07, 6.45) is 1.50. The highest BCUT2D eigenvalue weighted by atomic mass is 79.9. The Kier molecular flexibility index (Phi) is 2.92. The van der Waals surface area contributed by atoms with Crippen molar-refractivity contribution in [1.82, 2.24) is 4.98 Å². The van der Waals surface area contributed by atoms with E-state index in [1.807, 2.05) is 0 Å². The lowest BCUT2D eigenvalue weighted by Crippen LogP contribution is -2.04. The van der Waals surface area contributed by atoms with Gasteiger partial charge in [0.1, 0.15) is 0 Å². The third-order valence-electron chi connectivity index (χ3n) is 1.99. The number of aromatic amines is 1. The first-order valence-corrected chi connectivity index (χ1v) is 6.28. The summed E-state index contributed by atoms with van der Waals surface area (Å²) in [6, 6.07) is 1.64. The maximum atomic E-state index is 11.8. The Morgan fingerprint density at radius 2 is 1.80 bits per heavy atom. The predicted molar refractivity (Wildman–Crippen MR) is 69.3 cm³/mol. The first kappa shape index (κ1) is 11.2. The first-order chi connectivity index (χ1) is 7.02. The summed E-state index contributed by atoms with van der Waals surface area (Å²) in [6.45, 7) is 0. The Labute approximate surface area is 110 Å². The van der Waals surface area contributed by atoms with Gasteiger partial charge in [-0.1, -0.05) is 0 Å². The predicted octanol–water partition coefficient (Wildman–Crippen LogP) is 3.52. The molecular formula is C9H4Br3NO2. The highest BCUT2D eigenvalue weighted by Gasteiger charge is 2.13. The molecule has 1 aromatic carbocycles. The lowest BCUT2D eigenvalue weighted by atomic mass is 10.2. The topological polar surface area (TPSA) is 53.1 Å². The second-order valence-electron chi connectivity index (χ2n) is 2.90. The molecule has 2 aromatic rings. The molecule has 0 amide bonds.